The molecule has 5 nitrogen and oxygen atoms in total. The molecule has 0 atom stereocenters. The van der Waals surface area contributed by atoms with Crippen molar-refractivity contribution in [1.29, 1.82) is 0 Å². The zero-order valence-corrected chi connectivity index (χ0v) is 32.8. The van der Waals surface area contributed by atoms with E-state index in [9.17, 15) is 8.42 Å². The van der Waals surface area contributed by atoms with Crippen molar-refractivity contribution in [3.05, 3.63) is 190 Å². The first kappa shape index (κ1) is 34.9. The van der Waals surface area contributed by atoms with Crippen LogP contribution in [0, 0.1) is 6.92 Å². The van der Waals surface area contributed by atoms with Gasteiger partial charge < -0.3 is 4.57 Å². The van der Waals surface area contributed by atoms with Crippen LogP contribution in [0.1, 0.15) is 34.7 Å². The summed E-state index contributed by atoms with van der Waals surface area (Å²) in [7, 11) is -3.77. The minimum Gasteiger partial charge on any atom is -0.320 e. The van der Waals surface area contributed by atoms with E-state index in [2.05, 4.69) is 99.4 Å². The third kappa shape index (κ3) is 6.43. The number of para-hydroxylation sites is 1. The van der Waals surface area contributed by atoms with E-state index in [1.807, 2.05) is 68.4 Å². The van der Waals surface area contributed by atoms with E-state index in [0.29, 0.717) is 23.8 Å². The molecule has 0 spiro atoms. The fourth-order valence-corrected chi connectivity index (χ4v) is 9.64. The lowest BCUT2D eigenvalue weighted by Gasteiger charge is -2.13. The summed E-state index contributed by atoms with van der Waals surface area (Å²) in [6, 6.07) is 52.7. The average molecular weight is 799 g/mol. The number of fused-ring (bicyclic) bond motifs is 6. The van der Waals surface area contributed by atoms with E-state index in [-0.39, 0.29) is 4.90 Å². The summed E-state index contributed by atoms with van der Waals surface area (Å²) in [5.74, 6) is 0.680. The molecule has 7 aromatic carbocycles. The number of halogens is 1. The Morgan fingerprint density at radius 2 is 1.33 bits per heavy atom. The van der Waals surface area contributed by atoms with Crippen LogP contribution in [0.15, 0.2) is 182 Å². The van der Waals surface area contributed by atoms with Crippen molar-refractivity contribution in [3.8, 4) is 22.3 Å². The topological polar surface area (TPSA) is 63.8 Å². The summed E-state index contributed by atoms with van der Waals surface area (Å²) < 4.78 is 31.4. The standard InChI is InChI=1S/C48H36BrN3O2S/c1-31-25-38-27-37-18-17-35(28-42(37)47(38)46(26-31)55(53,54)40-22-20-39(49)21-23-40)36-19-24-45-43(29-36)41-15-9-10-16-44(41)52(45)30-50-48(34-13-7-4-8-14-34)51-32(2)33-11-5-3-6-12-33/h3-26,28-29H,27,30H2,1-2H3/b50-48-,51-32+. The quantitative estimate of drug-likeness (QED) is 0.119. The molecule has 0 saturated carbocycles. The molecule has 55 heavy (non-hydrogen) atoms. The first-order valence-electron chi connectivity index (χ1n) is 18.2. The van der Waals surface area contributed by atoms with Gasteiger partial charge in [0, 0.05) is 32.1 Å². The highest BCUT2D eigenvalue weighted by molar-refractivity contribution is 9.10. The summed E-state index contributed by atoms with van der Waals surface area (Å²) in [6.07, 6.45) is 0.697. The lowest BCUT2D eigenvalue weighted by atomic mass is 9.97. The highest BCUT2D eigenvalue weighted by atomic mass is 79.9. The third-order valence-corrected chi connectivity index (χ3v) is 12.8. The first-order valence-corrected chi connectivity index (χ1v) is 20.5. The second-order valence-corrected chi connectivity index (χ2v) is 16.9. The Morgan fingerprint density at radius 1 is 0.673 bits per heavy atom. The summed E-state index contributed by atoms with van der Waals surface area (Å²) in [5, 5.41) is 2.27. The zero-order chi connectivity index (χ0) is 37.7. The van der Waals surface area contributed by atoms with E-state index in [1.54, 1.807) is 24.3 Å². The van der Waals surface area contributed by atoms with Crippen molar-refractivity contribution in [1.82, 2.24) is 4.57 Å². The van der Waals surface area contributed by atoms with Crippen molar-refractivity contribution < 1.29 is 8.42 Å². The van der Waals surface area contributed by atoms with Crippen LogP contribution in [-0.4, -0.2) is 24.5 Å². The number of sulfone groups is 1. The fourth-order valence-electron chi connectivity index (χ4n) is 7.78. The van der Waals surface area contributed by atoms with Gasteiger partial charge in [0.2, 0.25) is 9.84 Å². The predicted octanol–water partition coefficient (Wildman–Crippen LogP) is 11.8. The van der Waals surface area contributed by atoms with Gasteiger partial charge in [0.1, 0.15) is 6.67 Å². The number of amidine groups is 1. The molecule has 0 aliphatic heterocycles. The molecule has 8 aromatic rings. The Morgan fingerprint density at radius 3 is 2.09 bits per heavy atom. The Bertz CT molecular complexity index is 2950. The normalized spacial score (nSPS) is 13.0. The number of hydrogen-bond donors (Lipinski definition) is 0. The van der Waals surface area contributed by atoms with E-state index >= 15 is 0 Å². The molecule has 0 unspecified atom stereocenters. The Labute approximate surface area is 329 Å². The number of aromatic nitrogens is 1. The summed E-state index contributed by atoms with van der Waals surface area (Å²) in [5.41, 5.74) is 12.1. The molecule has 1 aliphatic carbocycles. The number of hydrogen-bond acceptors (Lipinski definition) is 3. The van der Waals surface area contributed by atoms with Gasteiger partial charge in [0.25, 0.3) is 0 Å². The van der Waals surface area contributed by atoms with Gasteiger partial charge in [-0.3, -0.25) is 0 Å². The second-order valence-electron chi connectivity index (χ2n) is 14.0. The van der Waals surface area contributed by atoms with E-state index in [0.717, 1.165) is 82.1 Å². The van der Waals surface area contributed by atoms with Crippen LogP contribution in [0.3, 0.4) is 0 Å². The third-order valence-electron chi connectivity index (χ3n) is 10.5. The van der Waals surface area contributed by atoms with Crippen LogP contribution in [0.4, 0.5) is 0 Å². The molecule has 1 aliphatic rings. The van der Waals surface area contributed by atoms with Crippen LogP contribution in [0.5, 0.6) is 0 Å². The molecule has 0 N–H and O–H groups in total. The number of nitrogens with zero attached hydrogens (tertiary/aromatic N) is 3. The molecule has 0 amide bonds. The molecule has 7 heteroatoms. The highest BCUT2D eigenvalue weighted by Gasteiger charge is 2.30. The smallest absolute Gasteiger partial charge is 0.207 e. The van der Waals surface area contributed by atoms with Crippen LogP contribution < -0.4 is 0 Å². The monoisotopic (exact) mass is 797 g/mol. The van der Waals surface area contributed by atoms with Gasteiger partial charge in [-0.2, -0.15) is 0 Å². The number of aliphatic imine (C=N–C) groups is 2. The summed E-state index contributed by atoms with van der Waals surface area (Å²) in [6.45, 7) is 4.38. The van der Waals surface area contributed by atoms with Crippen LogP contribution in [0.2, 0.25) is 0 Å². The van der Waals surface area contributed by atoms with E-state index < -0.39 is 9.84 Å². The van der Waals surface area contributed by atoms with Crippen molar-refractivity contribution in [3.63, 3.8) is 0 Å². The lowest BCUT2D eigenvalue weighted by molar-refractivity contribution is 0.596. The maximum absolute atomic E-state index is 14.2. The van der Waals surface area contributed by atoms with Gasteiger partial charge in [-0.15, -0.1) is 0 Å². The predicted molar refractivity (Wildman–Crippen MR) is 229 cm³/mol. The molecule has 9 rings (SSSR count). The molecule has 1 aromatic heterocycles. The lowest BCUT2D eigenvalue weighted by Crippen LogP contribution is -2.06. The van der Waals surface area contributed by atoms with E-state index in [1.165, 1.54) is 0 Å². The molecule has 1 heterocycles. The molecule has 0 radical (unpaired) electrons. The van der Waals surface area contributed by atoms with Crippen LogP contribution in [-0.2, 0) is 22.9 Å². The molecule has 268 valence electrons. The number of benzene rings is 7. The van der Waals surface area contributed by atoms with Gasteiger partial charge in [0.05, 0.1) is 20.8 Å². The van der Waals surface area contributed by atoms with Crippen LogP contribution >= 0.6 is 15.9 Å². The molecular weight excluding hydrogens is 763 g/mol. The Balaban J connectivity index is 1.13. The average Bonchev–Trinajstić information content (AvgIpc) is 3.74. The minimum absolute atomic E-state index is 0.285. The van der Waals surface area contributed by atoms with Gasteiger partial charge >= 0.3 is 0 Å². The minimum atomic E-state index is -3.77. The van der Waals surface area contributed by atoms with Crippen molar-refractivity contribution in [2.45, 2.75) is 36.7 Å². The SMILES string of the molecule is C/C(=N\C(=N/Cn1c2ccccc2c2cc(-c3ccc4c(c3)-c3c(cc(C)cc3S(=O)(=O)c3ccc(Br)cc3)C4)ccc21)c1ccccc1)c1ccccc1. The molecule has 0 fully saturated rings. The molecule has 0 saturated heterocycles. The second kappa shape index (κ2) is 14.1. The maximum Gasteiger partial charge on any atom is 0.207 e. The highest BCUT2D eigenvalue weighted by Crippen LogP contribution is 2.45. The van der Waals surface area contributed by atoms with Crippen LogP contribution in [0.25, 0.3) is 44.1 Å². The van der Waals surface area contributed by atoms with Gasteiger partial charge in [-0.05, 0) is 114 Å². The largest absolute Gasteiger partial charge is 0.320 e. The number of rotatable bonds is 7. The van der Waals surface area contributed by atoms with E-state index in [4.69, 9.17) is 9.98 Å². The zero-order valence-electron chi connectivity index (χ0n) is 30.4. The Kier molecular flexibility index (Phi) is 8.92. The maximum atomic E-state index is 14.2. The van der Waals surface area contributed by atoms with Gasteiger partial charge in [-0.1, -0.05) is 119 Å². The van der Waals surface area contributed by atoms with Gasteiger partial charge in [0.15, 0.2) is 5.84 Å². The van der Waals surface area contributed by atoms with Crippen molar-refractivity contribution in [2.75, 3.05) is 0 Å². The summed E-state index contributed by atoms with van der Waals surface area (Å²) >= 11 is 3.44. The molecule has 0 bridgehead atoms. The number of aryl methyl sites for hydroxylation is 1. The van der Waals surface area contributed by atoms with Crippen molar-refractivity contribution >= 4 is 59.1 Å². The molecular formula is C48H36BrN3O2S. The summed E-state index contributed by atoms with van der Waals surface area (Å²) in [4.78, 5) is 10.8. The fraction of sp³-hybridized carbons (Fsp3) is 0.0833. The Hall–Kier alpha value is -5.89. The first-order chi connectivity index (χ1) is 26.7. The van der Waals surface area contributed by atoms with Crippen molar-refractivity contribution in [2.24, 2.45) is 9.98 Å². The van der Waals surface area contributed by atoms with Gasteiger partial charge in [-0.25, -0.2) is 18.4 Å².